The number of hydrogen-bond donors (Lipinski definition) is 2. The van der Waals surface area contributed by atoms with Crippen molar-refractivity contribution in [3.05, 3.63) is 48.6 Å². The minimum Gasteiger partial charge on any atom is -0.508 e. The van der Waals surface area contributed by atoms with E-state index in [9.17, 15) is 15.0 Å². The normalized spacial score (nSPS) is 33.9. The average molecular weight is 820 g/mol. The van der Waals surface area contributed by atoms with E-state index in [2.05, 4.69) is 106 Å². The first kappa shape index (κ1) is 29.0. The molecule has 0 bridgehead atoms. The summed E-state index contributed by atoms with van der Waals surface area (Å²) in [5.41, 5.74) is 4.11. The van der Waals surface area contributed by atoms with Crippen LogP contribution in [-0.4, -0.2) is 25.8 Å². The highest BCUT2D eigenvalue weighted by Crippen LogP contribution is 2.56. The van der Waals surface area contributed by atoms with Crippen LogP contribution in [0.4, 0.5) is 0 Å². The molecule has 5 atom stereocenters. The summed E-state index contributed by atoms with van der Waals surface area (Å²) in [5.74, 6) is -0.0199. The van der Waals surface area contributed by atoms with Gasteiger partial charge in [0.2, 0.25) is 0 Å². The van der Waals surface area contributed by atoms with E-state index in [1.807, 2.05) is 0 Å². The van der Waals surface area contributed by atoms with Crippen molar-refractivity contribution in [3.63, 3.8) is 0 Å². The summed E-state index contributed by atoms with van der Waals surface area (Å²) < 4.78 is 4.52. The number of allylic oxidation sites excluding steroid dienone is 2. The Morgan fingerprint density at radius 3 is 2.24 bits per heavy atom. The zero-order valence-corrected chi connectivity index (χ0v) is 27.4. The van der Waals surface area contributed by atoms with E-state index in [4.69, 9.17) is 0 Å². The number of benzene rings is 1. The van der Waals surface area contributed by atoms with Crippen LogP contribution in [0.1, 0.15) is 75.2 Å². The number of phenols is 1. The molecule has 3 nitrogen and oxygen atoms in total. The van der Waals surface area contributed by atoms with Crippen LogP contribution < -0.4 is 0 Å². The van der Waals surface area contributed by atoms with E-state index in [1.54, 1.807) is 11.6 Å². The second kappa shape index (κ2) is 11.8. The Morgan fingerprint density at radius 1 is 1.06 bits per heavy atom. The smallest absolute Gasteiger partial charge is 0.335 e. The van der Waals surface area contributed by atoms with Gasteiger partial charge in [-0.25, -0.2) is 4.79 Å². The van der Waals surface area contributed by atoms with Gasteiger partial charge in [0.1, 0.15) is 5.75 Å². The quantitative estimate of drug-likeness (QED) is 0.222. The summed E-state index contributed by atoms with van der Waals surface area (Å²) in [7, 11) is 0. The second-order valence-corrected chi connectivity index (χ2v) is 14.2. The zero-order chi connectivity index (χ0) is 25.3. The van der Waals surface area contributed by atoms with Crippen LogP contribution in [-0.2, 0) is 6.42 Å². The van der Waals surface area contributed by atoms with Gasteiger partial charge < -0.3 is 10.2 Å². The van der Waals surface area contributed by atoms with Crippen LogP contribution in [0.15, 0.2) is 37.5 Å². The van der Waals surface area contributed by atoms with Gasteiger partial charge in [-0.05, 0) is 99.5 Å². The number of rotatable bonds is 6. The highest BCUT2D eigenvalue weighted by Gasteiger charge is 2.47. The molecule has 0 heterocycles. The maximum atomic E-state index is 11.6. The molecule has 0 saturated heterocycles. The fraction of sp³-hybridized carbons (Fsp3) is 0.593. The van der Waals surface area contributed by atoms with Crippen LogP contribution in [0.2, 0.25) is 0 Å². The van der Waals surface area contributed by atoms with E-state index in [-0.39, 0.29) is 28.1 Å². The molecule has 2 aliphatic carbocycles. The maximum absolute atomic E-state index is 11.6. The van der Waals surface area contributed by atoms with Crippen LogP contribution in [0.3, 0.4) is 0 Å². The number of phenolic OH excluding ortho intramolecular Hbond substituents is 1. The molecule has 2 saturated carbocycles. The van der Waals surface area contributed by atoms with Crippen LogP contribution in [0.5, 0.6) is 5.75 Å². The fourth-order valence-electron chi connectivity index (χ4n) is 6.05. The molecular weight excluding hydrogens is 786 g/mol. The molecule has 2 N–H and O–H groups in total. The number of carboxylic acids is 1. The number of aromatic hydroxyl groups is 1. The fourth-order valence-corrected chi connectivity index (χ4v) is 8.86. The zero-order valence-electron chi connectivity index (χ0n) is 20.0. The number of alkyl halides is 2. The summed E-state index contributed by atoms with van der Waals surface area (Å²) in [4.78, 5) is 12.5. The van der Waals surface area contributed by atoms with Gasteiger partial charge in [-0.2, -0.15) is 0 Å². The van der Waals surface area contributed by atoms with Gasteiger partial charge >= 0.3 is 5.97 Å². The standard InChI is InChI=1S/C27H34Br2I2O3/c1-26(2)20(17(14-30)5-8-23(26)28)10-11-27(3)21(18(15-31)6-9-24(27)29)13-19-12-16(25(33)34)4-7-22(19)32/h4,7,12,14-15,20-21,23-24,32H,5-6,8-11,13H2,1-3H3,(H,33,34)/b17-14-,18-15-/t20-,21+,23+,24-,27-/m0/s1. The van der Waals surface area contributed by atoms with Crippen molar-refractivity contribution in [2.45, 2.75) is 75.4 Å². The summed E-state index contributed by atoms with van der Waals surface area (Å²) in [6, 6.07) is 4.65. The van der Waals surface area contributed by atoms with Gasteiger partial charge in [-0.1, -0.05) is 109 Å². The average Bonchev–Trinajstić information content (AvgIpc) is 2.79. The van der Waals surface area contributed by atoms with Crippen molar-refractivity contribution in [2.75, 3.05) is 0 Å². The molecule has 34 heavy (non-hydrogen) atoms. The van der Waals surface area contributed by atoms with Crippen molar-refractivity contribution in [1.82, 2.24) is 0 Å². The first-order valence-corrected chi connectivity index (χ1v) is 16.2. The van der Waals surface area contributed by atoms with Crippen molar-refractivity contribution < 1.29 is 15.0 Å². The van der Waals surface area contributed by atoms with E-state index < -0.39 is 5.97 Å². The van der Waals surface area contributed by atoms with Gasteiger partial charge in [0.05, 0.1) is 5.56 Å². The van der Waals surface area contributed by atoms with Crippen molar-refractivity contribution in [3.8, 4) is 5.75 Å². The molecule has 0 unspecified atom stereocenters. The predicted octanol–water partition coefficient (Wildman–Crippen LogP) is 9.43. The Labute approximate surface area is 248 Å². The largest absolute Gasteiger partial charge is 0.508 e. The minimum absolute atomic E-state index is 0.00730. The molecule has 2 fully saturated rings. The lowest BCUT2D eigenvalue weighted by Gasteiger charge is -2.50. The van der Waals surface area contributed by atoms with Gasteiger partial charge in [0.15, 0.2) is 0 Å². The third kappa shape index (κ3) is 5.93. The lowest BCUT2D eigenvalue weighted by Crippen LogP contribution is -2.44. The summed E-state index contributed by atoms with van der Waals surface area (Å²) >= 11 is 12.8. The van der Waals surface area contributed by atoms with Gasteiger partial charge in [-0.3, -0.25) is 0 Å². The Bertz CT molecular complexity index is 975. The molecule has 188 valence electrons. The van der Waals surface area contributed by atoms with Crippen molar-refractivity contribution in [2.24, 2.45) is 22.7 Å². The van der Waals surface area contributed by atoms with E-state index in [0.717, 1.165) is 37.7 Å². The Kier molecular flexibility index (Phi) is 10.1. The van der Waals surface area contributed by atoms with Gasteiger partial charge in [0, 0.05) is 9.65 Å². The van der Waals surface area contributed by atoms with Crippen molar-refractivity contribution >= 4 is 83.0 Å². The monoisotopic (exact) mass is 818 g/mol. The molecular formula is C27H34Br2I2O3. The Hall–Kier alpha value is 0.390. The lowest BCUT2D eigenvalue weighted by molar-refractivity contribution is 0.0696. The highest BCUT2D eigenvalue weighted by atomic mass is 127. The summed E-state index contributed by atoms with van der Waals surface area (Å²) in [5, 5.41) is 20.1. The molecule has 1 aromatic rings. The number of hydrogen-bond acceptors (Lipinski definition) is 2. The molecule has 0 aromatic heterocycles. The molecule has 0 aliphatic heterocycles. The maximum Gasteiger partial charge on any atom is 0.335 e. The molecule has 2 aliphatic rings. The van der Waals surface area contributed by atoms with E-state index >= 15 is 0 Å². The van der Waals surface area contributed by atoms with Gasteiger partial charge in [-0.15, -0.1) is 0 Å². The molecule has 3 rings (SSSR count). The first-order chi connectivity index (χ1) is 15.9. The second-order valence-electron chi connectivity index (χ2n) is 10.7. The summed E-state index contributed by atoms with van der Waals surface area (Å²) in [6.45, 7) is 7.19. The third-order valence-electron chi connectivity index (χ3n) is 8.49. The first-order valence-electron chi connectivity index (χ1n) is 11.9. The predicted molar refractivity (Wildman–Crippen MR) is 165 cm³/mol. The number of halogens is 4. The van der Waals surface area contributed by atoms with Gasteiger partial charge in [0.25, 0.3) is 0 Å². The Balaban J connectivity index is 1.94. The summed E-state index contributed by atoms with van der Waals surface area (Å²) in [6.07, 6.45) is 7.28. The van der Waals surface area contributed by atoms with E-state index in [0.29, 0.717) is 22.0 Å². The number of carboxylic acid groups (broad SMARTS) is 1. The lowest BCUT2D eigenvalue weighted by atomic mass is 9.58. The minimum atomic E-state index is -0.961. The Morgan fingerprint density at radius 2 is 1.65 bits per heavy atom. The highest BCUT2D eigenvalue weighted by molar-refractivity contribution is 14.1. The van der Waals surface area contributed by atoms with E-state index in [1.165, 1.54) is 24.1 Å². The molecule has 7 heteroatoms. The number of aromatic carboxylic acids is 1. The third-order valence-corrected chi connectivity index (χ3v) is 13.2. The SMILES string of the molecule is CC1(C)[C@H](Br)CC/C(=C/I)[C@@H]1CC[C@@]1(C)[C@H](Cc2cc(C(=O)O)ccc2O)/C(=C\I)CC[C@@H]1Br. The van der Waals surface area contributed by atoms with Crippen LogP contribution in [0.25, 0.3) is 0 Å². The van der Waals surface area contributed by atoms with Crippen LogP contribution >= 0.6 is 77.0 Å². The molecule has 0 radical (unpaired) electrons. The molecule has 0 spiro atoms. The molecule has 1 aromatic carbocycles. The number of carbonyl (C=O) groups is 1. The van der Waals surface area contributed by atoms with Crippen LogP contribution in [0, 0.1) is 22.7 Å². The molecule has 0 amide bonds. The topological polar surface area (TPSA) is 57.5 Å². The van der Waals surface area contributed by atoms with Crippen molar-refractivity contribution in [1.29, 1.82) is 0 Å².